The van der Waals surface area contributed by atoms with Gasteiger partial charge in [-0.1, -0.05) is 0 Å². The summed E-state index contributed by atoms with van der Waals surface area (Å²) in [5.74, 6) is 0. The second kappa shape index (κ2) is 3.09. The Balaban J connectivity index is 3.46. The van der Waals surface area contributed by atoms with Crippen LogP contribution in [0.2, 0.25) is 0 Å². The van der Waals surface area contributed by atoms with Gasteiger partial charge in [0, 0.05) is 18.5 Å². The van der Waals surface area contributed by atoms with Crippen molar-refractivity contribution in [1.82, 2.24) is 4.98 Å². The van der Waals surface area contributed by atoms with E-state index in [0.29, 0.717) is 0 Å². The van der Waals surface area contributed by atoms with Gasteiger partial charge in [0.15, 0.2) is 14.7 Å². The summed E-state index contributed by atoms with van der Waals surface area (Å²) in [4.78, 5) is 12.8. The summed E-state index contributed by atoms with van der Waals surface area (Å²) in [6.45, 7) is 0. The molecule has 1 aromatic heterocycles. The third kappa shape index (κ3) is 2.00. The van der Waals surface area contributed by atoms with Gasteiger partial charge in [-0.15, -0.1) is 0 Å². The van der Waals surface area contributed by atoms with Crippen LogP contribution in [-0.2, 0) is 9.84 Å². The maximum Gasteiger partial charge on any atom is 0.291 e. The minimum Gasteiger partial charge on any atom is -0.263 e. The topological polar surface area (TPSA) is 90.2 Å². The van der Waals surface area contributed by atoms with Gasteiger partial charge in [0.05, 0.1) is 11.1 Å². The number of nitrogens with zero attached hydrogens (tertiary/aromatic N) is 2. The lowest BCUT2D eigenvalue weighted by molar-refractivity contribution is -0.387. The molecule has 0 aliphatic rings. The first-order valence-electron chi connectivity index (χ1n) is 3.21. The fraction of sp³-hybridized carbons (Fsp3) is 0.167. The molecule has 6 nitrogen and oxygen atoms in total. The molecule has 0 bridgehead atoms. The van der Waals surface area contributed by atoms with Gasteiger partial charge in [0.2, 0.25) is 0 Å². The summed E-state index contributed by atoms with van der Waals surface area (Å²) in [5.41, 5.74) is -0.447. The van der Waals surface area contributed by atoms with E-state index in [9.17, 15) is 18.5 Å². The largest absolute Gasteiger partial charge is 0.291 e. The highest BCUT2D eigenvalue weighted by Gasteiger charge is 2.21. The summed E-state index contributed by atoms with van der Waals surface area (Å²) in [6, 6.07) is 1.05. The van der Waals surface area contributed by atoms with Crippen LogP contribution in [0, 0.1) is 10.1 Å². The van der Waals surface area contributed by atoms with E-state index in [0.717, 1.165) is 18.5 Å². The molecule has 0 saturated carbocycles. The Kier molecular flexibility index (Phi) is 2.28. The van der Waals surface area contributed by atoms with E-state index in [1.54, 1.807) is 0 Å². The summed E-state index contributed by atoms with van der Waals surface area (Å²) < 4.78 is 22.0. The van der Waals surface area contributed by atoms with E-state index >= 15 is 0 Å². The van der Waals surface area contributed by atoms with Gasteiger partial charge < -0.3 is 0 Å². The van der Waals surface area contributed by atoms with Crippen LogP contribution in [0.5, 0.6) is 0 Å². The summed E-state index contributed by atoms with van der Waals surface area (Å²) >= 11 is 0. The lowest BCUT2D eigenvalue weighted by atomic mass is 10.4. The van der Waals surface area contributed by atoms with Gasteiger partial charge in [-0.3, -0.25) is 15.1 Å². The van der Waals surface area contributed by atoms with Crippen molar-refractivity contribution in [2.45, 2.75) is 4.90 Å². The van der Waals surface area contributed by atoms with Crippen LogP contribution < -0.4 is 0 Å². The molecule has 13 heavy (non-hydrogen) atoms. The Morgan fingerprint density at radius 2 is 2.15 bits per heavy atom. The zero-order valence-electron chi connectivity index (χ0n) is 6.67. The van der Waals surface area contributed by atoms with Crippen molar-refractivity contribution in [2.75, 3.05) is 6.26 Å². The van der Waals surface area contributed by atoms with Crippen molar-refractivity contribution >= 4 is 15.5 Å². The first-order valence-corrected chi connectivity index (χ1v) is 5.10. The zero-order chi connectivity index (χ0) is 10.1. The molecule has 1 rings (SSSR count). The minimum absolute atomic E-state index is 0.361. The minimum atomic E-state index is -3.58. The van der Waals surface area contributed by atoms with E-state index in [1.807, 2.05) is 0 Å². The maximum absolute atomic E-state index is 11.0. The molecule has 0 fully saturated rings. The van der Waals surface area contributed by atoms with Gasteiger partial charge in [-0.25, -0.2) is 8.42 Å². The van der Waals surface area contributed by atoms with Crippen LogP contribution in [-0.4, -0.2) is 24.6 Å². The predicted octanol–water partition coefficient (Wildman–Crippen LogP) is 0.393. The lowest BCUT2D eigenvalue weighted by Gasteiger charge is -1.97. The van der Waals surface area contributed by atoms with Crippen molar-refractivity contribution in [3.8, 4) is 0 Å². The van der Waals surface area contributed by atoms with Crippen LogP contribution in [0.1, 0.15) is 0 Å². The molecule has 0 aliphatic carbocycles. The number of hydrogen-bond acceptors (Lipinski definition) is 5. The Bertz CT molecular complexity index is 440. The number of nitro groups is 1. The number of sulfone groups is 1. The summed E-state index contributed by atoms with van der Waals surface area (Å²) in [7, 11) is -3.58. The number of rotatable bonds is 2. The molecule has 0 aromatic carbocycles. The highest BCUT2D eigenvalue weighted by molar-refractivity contribution is 7.90. The molecule has 0 amide bonds. The second-order valence-electron chi connectivity index (χ2n) is 2.37. The third-order valence-corrected chi connectivity index (χ3v) is 2.47. The first-order chi connectivity index (χ1) is 5.93. The highest BCUT2D eigenvalue weighted by atomic mass is 32.2. The Hall–Kier alpha value is -1.50. The van der Waals surface area contributed by atoms with Crippen molar-refractivity contribution in [3.63, 3.8) is 0 Å². The fourth-order valence-electron chi connectivity index (χ4n) is 0.809. The third-order valence-electron chi connectivity index (χ3n) is 1.36. The van der Waals surface area contributed by atoms with E-state index in [1.165, 1.54) is 6.20 Å². The van der Waals surface area contributed by atoms with Crippen LogP contribution in [0.25, 0.3) is 0 Å². The molecule has 0 radical (unpaired) electrons. The quantitative estimate of drug-likeness (QED) is 0.511. The summed E-state index contributed by atoms with van der Waals surface area (Å²) in [5, 5.41) is 10.4. The van der Waals surface area contributed by atoms with E-state index in [4.69, 9.17) is 0 Å². The van der Waals surface area contributed by atoms with Crippen molar-refractivity contribution in [2.24, 2.45) is 0 Å². The van der Waals surface area contributed by atoms with Crippen LogP contribution in [0.4, 0.5) is 5.69 Å². The standard InChI is InChI=1S/C6H6N2O4S/c1-13(11,12)6-4-7-3-2-5(6)8(9)10/h2-4H,1H3. The second-order valence-corrected chi connectivity index (χ2v) is 4.36. The normalized spacial score (nSPS) is 11.2. The molecule has 0 unspecified atom stereocenters. The lowest BCUT2D eigenvalue weighted by Crippen LogP contribution is -2.02. The molecule has 7 heteroatoms. The smallest absolute Gasteiger partial charge is 0.263 e. The van der Waals surface area contributed by atoms with E-state index in [-0.39, 0.29) is 4.90 Å². The van der Waals surface area contributed by atoms with E-state index in [2.05, 4.69) is 4.98 Å². The molecule has 1 aromatic rings. The van der Waals surface area contributed by atoms with Gasteiger partial charge in [0.25, 0.3) is 5.69 Å². The fourth-order valence-corrected chi connectivity index (χ4v) is 1.58. The van der Waals surface area contributed by atoms with Gasteiger partial charge >= 0.3 is 0 Å². The Morgan fingerprint density at radius 1 is 1.54 bits per heavy atom. The average molecular weight is 202 g/mol. The van der Waals surface area contributed by atoms with Crippen LogP contribution in [0.3, 0.4) is 0 Å². The molecule has 70 valence electrons. The predicted molar refractivity (Wildman–Crippen MR) is 44.0 cm³/mol. The molecule has 0 spiro atoms. The van der Waals surface area contributed by atoms with Crippen molar-refractivity contribution in [1.29, 1.82) is 0 Å². The van der Waals surface area contributed by atoms with Crippen LogP contribution >= 0.6 is 0 Å². The van der Waals surface area contributed by atoms with Crippen molar-refractivity contribution in [3.05, 3.63) is 28.6 Å². The number of hydrogen-bond donors (Lipinski definition) is 0. The Morgan fingerprint density at radius 3 is 2.54 bits per heavy atom. The monoisotopic (exact) mass is 202 g/mol. The summed E-state index contributed by atoms with van der Waals surface area (Å²) in [6.07, 6.45) is 3.04. The Labute approximate surface area is 74.3 Å². The molecule has 0 N–H and O–H groups in total. The SMILES string of the molecule is CS(=O)(=O)c1cnccc1[N+](=O)[O-]. The first kappa shape index (κ1) is 9.59. The maximum atomic E-state index is 11.0. The van der Waals surface area contributed by atoms with Gasteiger partial charge in [-0.05, 0) is 0 Å². The highest BCUT2D eigenvalue weighted by Crippen LogP contribution is 2.20. The molecular formula is C6H6N2O4S. The average Bonchev–Trinajstić information content (AvgIpc) is 2.03. The van der Waals surface area contributed by atoms with E-state index < -0.39 is 20.4 Å². The van der Waals surface area contributed by atoms with Gasteiger partial charge in [0.1, 0.15) is 0 Å². The van der Waals surface area contributed by atoms with Crippen LogP contribution in [0.15, 0.2) is 23.4 Å². The number of pyridine rings is 1. The molecule has 1 heterocycles. The molecular weight excluding hydrogens is 196 g/mol. The molecule has 0 saturated heterocycles. The van der Waals surface area contributed by atoms with Crippen molar-refractivity contribution < 1.29 is 13.3 Å². The number of aromatic nitrogens is 1. The molecule has 0 aliphatic heterocycles. The zero-order valence-corrected chi connectivity index (χ0v) is 7.48. The molecule has 0 atom stereocenters. The van der Waals surface area contributed by atoms with Gasteiger partial charge in [-0.2, -0.15) is 0 Å².